The molecule has 0 atom stereocenters. The molecule has 4 rings (SSSR count). The molecule has 3 N–H and O–H groups in total. The maximum absolute atomic E-state index is 15.0. The van der Waals surface area contributed by atoms with E-state index in [1.54, 1.807) is 0 Å². The van der Waals surface area contributed by atoms with Crippen molar-refractivity contribution in [3.8, 4) is 34.5 Å². The number of aromatic hydroxyl groups is 3. The van der Waals surface area contributed by atoms with E-state index in [1.807, 2.05) is 0 Å². The van der Waals surface area contributed by atoms with E-state index in [-0.39, 0.29) is 46.5 Å². The number of hydrogen-bond donors (Lipinski definition) is 3. The first-order valence-electron chi connectivity index (χ1n) is 9.17. The summed E-state index contributed by atoms with van der Waals surface area (Å²) in [5, 5.41) is 29.6. The van der Waals surface area contributed by atoms with E-state index < -0.39 is 17.4 Å². The average molecular weight is 428 g/mol. The second kappa shape index (κ2) is 7.71. The molecule has 0 saturated carbocycles. The van der Waals surface area contributed by atoms with Crippen LogP contribution in [0.25, 0.3) is 11.1 Å². The van der Waals surface area contributed by atoms with Gasteiger partial charge in [0.25, 0.3) is 0 Å². The van der Waals surface area contributed by atoms with Gasteiger partial charge >= 0.3 is 0 Å². The number of benzene rings is 3. The third kappa shape index (κ3) is 3.46. The van der Waals surface area contributed by atoms with Crippen molar-refractivity contribution in [1.82, 2.24) is 0 Å². The van der Waals surface area contributed by atoms with Crippen molar-refractivity contribution in [1.29, 1.82) is 0 Å². The number of ether oxygens (including phenoxy) is 3. The zero-order valence-corrected chi connectivity index (χ0v) is 16.6. The van der Waals surface area contributed by atoms with Gasteiger partial charge in [0, 0.05) is 23.3 Å². The van der Waals surface area contributed by atoms with E-state index in [9.17, 15) is 24.1 Å². The van der Waals surface area contributed by atoms with Gasteiger partial charge in [-0.3, -0.25) is 0 Å². The lowest BCUT2D eigenvalue weighted by atomic mass is 9.87. The summed E-state index contributed by atoms with van der Waals surface area (Å²) in [6, 6.07) is 8.95. The Balaban J connectivity index is 2.07. The Morgan fingerprint density at radius 1 is 0.839 bits per heavy atom. The SMILES string of the molecule is COc1cc(C2=C(c3ccc(O)c(F)c3)c3c(F)cc(O)cc3OC2)cc(OC)c1O. The number of halogens is 2. The van der Waals surface area contributed by atoms with Crippen LogP contribution in [-0.2, 0) is 0 Å². The van der Waals surface area contributed by atoms with Crippen molar-refractivity contribution < 1.29 is 38.3 Å². The number of phenols is 3. The molecule has 0 bridgehead atoms. The van der Waals surface area contributed by atoms with Crippen LogP contribution >= 0.6 is 0 Å². The van der Waals surface area contributed by atoms with Gasteiger partial charge in [-0.25, -0.2) is 8.78 Å². The van der Waals surface area contributed by atoms with Gasteiger partial charge in [-0.05, 0) is 35.4 Å². The number of hydrogen-bond acceptors (Lipinski definition) is 6. The molecule has 0 spiro atoms. The number of phenolic OH excluding ortho intramolecular Hbond substituents is 3. The van der Waals surface area contributed by atoms with Gasteiger partial charge in [0.2, 0.25) is 5.75 Å². The highest BCUT2D eigenvalue weighted by Gasteiger charge is 2.28. The van der Waals surface area contributed by atoms with Gasteiger partial charge in [-0.1, -0.05) is 6.07 Å². The monoisotopic (exact) mass is 428 g/mol. The van der Waals surface area contributed by atoms with Gasteiger partial charge in [0.05, 0.1) is 19.8 Å². The molecule has 1 heterocycles. The Bertz CT molecular complexity index is 1190. The normalized spacial score (nSPS) is 12.9. The molecule has 0 aromatic heterocycles. The first-order chi connectivity index (χ1) is 14.8. The molecule has 160 valence electrons. The predicted octanol–water partition coefficient (Wildman–Crippen LogP) is 4.45. The van der Waals surface area contributed by atoms with Crippen LogP contribution in [0.4, 0.5) is 8.78 Å². The summed E-state index contributed by atoms with van der Waals surface area (Å²) in [6.07, 6.45) is 0. The van der Waals surface area contributed by atoms with E-state index in [4.69, 9.17) is 14.2 Å². The Labute approximate surface area is 176 Å². The molecule has 3 aromatic carbocycles. The average Bonchev–Trinajstić information content (AvgIpc) is 2.75. The highest BCUT2D eigenvalue weighted by atomic mass is 19.1. The fraction of sp³-hybridized carbons (Fsp3) is 0.130. The first kappa shape index (κ1) is 20.3. The number of fused-ring (bicyclic) bond motifs is 1. The van der Waals surface area contributed by atoms with Gasteiger partial charge in [0.15, 0.2) is 23.1 Å². The van der Waals surface area contributed by atoms with E-state index in [1.165, 1.54) is 44.6 Å². The van der Waals surface area contributed by atoms with Crippen LogP contribution in [0.1, 0.15) is 16.7 Å². The van der Waals surface area contributed by atoms with Crippen molar-refractivity contribution in [2.45, 2.75) is 0 Å². The van der Waals surface area contributed by atoms with Crippen LogP contribution in [0.2, 0.25) is 0 Å². The summed E-state index contributed by atoms with van der Waals surface area (Å²) in [6.45, 7) is -0.0508. The van der Waals surface area contributed by atoms with Crippen LogP contribution in [-0.4, -0.2) is 36.1 Å². The molecular formula is C23H18F2O6. The number of rotatable bonds is 4. The third-order valence-electron chi connectivity index (χ3n) is 5.03. The molecular weight excluding hydrogens is 410 g/mol. The molecule has 31 heavy (non-hydrogen) atoms. The minimum atomic E-state index is -0.877. The third-order valence-corrected chi connectivity index (χ3v) is 5.03. The minimum absolute atomic E-state index is 0.0233. The van der Waals surface area contributed by atoms with Crippen molar-refractivity contribution in [2.24, 2.45) is 0 Å². The molecule has 1 aliphatic heterocycles. The van der Waals surface area contributed by atoms with Crippen molar-refractivity contribution >= 4 is 11.1 Å². The summed E-state index contributed by atoms with van der Waals surface area (Å²) < 4.78 is 45.3. The molecule has 0 saturated heterocycles. The van der Waals surface area contributed by atoms with Gasteiger partial charge in [-0.15, -0.1) is 0 Å². The highest BCUT2D eigenvalue weighted by Crippen LogP contribution is 2.47. The zero-order chi connectivity index (χ0) is 22.3. The van der Waals surface area contributed by atoms with Crippen LogP contribution < -0.4 is 14.2 Å². The summed E-state index contributed by atoms with van der Waals surface area (Å²) in [4.78, 5) is 0. The van der Waals surface area contributed by atoms with E-state index in [0.717, 1.165) is 12.1 Å². The van der Waals surface area contributed by atoms with E-state index in [2.05, 4.69) is 0 Å². The number of methoxy groups -OCH3 is 2. The topological polar surface area (TPSA) is 88.4 Å². The standard InChI is InChI=1S/C23H18F2O6/c1-29-19-6-12(7-20(30-2)23(19)28)14-10-31-18-9-13(26)8-16(25)22(18)21(14)11-3-4-17(27)15(24)5-11/h3-9,26-28H,10H2,1-2H3. The summed E-state index contributed by atoms with van der Waals surface area (Å²) in [5.41, 5.74) is 1.54. The van der Waals surface area contributed by atoms with E-state index >= 15 is 0 Å². The van der Waals surface area contributed by atoms with Gasteiger partial charge in [-0.2, -0.15) is 0 Å². The second-order valence-electron chi connectivity index (χ2n) is 6.84. The molecule has 0 fully saturated rings. The Morgan fingerprint density at radius 3 is 2.13 bits per heavy atom. The largest absolute Gasteiger partial charge is 0.508 e. The first-order valence-corrected chi connectivity index (χ1v) is 9.17. The van der Waals surface area contributed by atoms with Gasteiger partial charge in [0.1, 0.15) is 23.9 Å². The quantitative estimate of drug-likeness (QED) is 0.569. The molecule has 0 aliphatic carbocycles. The summed E-state index contributed by atoms with van der Waals surface area (Å²) in [5.74, 6) is -2.39. The molecule has 6 nitrogen and oxygen atoms in total. The molecule has 0 amide bonds. The minimum Gasteiger partial charge on any atom is -0.508 e. The van der Waals surface area contributed by atoms with E-state index in [0.29, 0.717) is 16.7 Å². The Morgan fingerprint density at radius 2 is 1.52 bits per heavy atom. The smallest absolute Gasteiger partial charge is 0.200 e. The lowest BCUT2D eigenvalue weighted by Gasteiger charge is -2.26. The zero-order valence-electron chi connectivity index (χ0n) is 16.6. The maximum Gasteiger partial charge on any atom is 0.200 e. The highest BCUT2D eigenvalue weighted by molar-refractivity contribution is 6.02. The fourth-order valence-electron chi connectivity index (χ4n) is 3.57. The molecule has 3 aromatic rings. The Kier molecular flexibility index (Phi) is 5.06. The molecule has 0 radical (unpaired) electrons. The second-order valence-corrected chi connectivity index (χ2v) is 6.84. The van der Waals surface area contributed by atoms with Crippen LogP contribution in [0.5, 0.6) is 34.5 Å². The summed E-state index contributed by atoms with van der Waals surface area (Å²) >= 11 is 0. The van der Waals surface area contributed by atoms with Crippen molar-refractivity contribution in [3.63, 3.8) is 0 Å². The van der Waals surface area contributed by atoms with Crippen LogP contribution in [0.15, 0.2) is 42.5 Å². The van der Waals surface area contributed by atoms with Gasteiger partial charge < -0.3 is 29.5 Å². The fourth-order valence-corrected chi connectivity index (χ4v) is 3.57. The summed E-state index contributed by atoms with van der Waals surface area (Å²) in [7, 11) is 2.75. The lowest BCUT2D eigenvalue weighted by Crippen LogP contribution is -2.13. The Hall–Kier alpha value is -3.94. The lowest BCUT2D eigenvalue weighted by molar-refractivity contribution is 0.339. The van der Waals surface area contributed by atoms with Crippen molar-refractivity contribution in [3.05, 3.63) is 70.8 Å². The predicted molar refractivity (Wildman–Crippen MR) is 109 cm³/mol. The molecule has 8 heteroatoms. The van der Waals surface area contributed by atoms with Crippen LogP contribution in [0, 0.1) is 11.6 Å². The van der Waals surface area contributed by atoms with Crippen LogP contribution in [0.3, 0.4) is 0 Å². The molecule has 1 aliphatic rings. The maximum atomic E-state index is 15.0. The van der Waals surface area contributed by atoms with Crippen molar-refractivity contribution in [2.75, 3.05) is 20.8 Å². The molecule has 0 unspecified atom stereocenters.